The van der Waals surface area contributed by atoms with Gasteiger partial charge in [-0.3, -0.25) is 19.7 Å². The molecule has 0 bridgehead atoms. The predicted octanol–water partition coefficient (Wildman–Crippen LogP) is 3.20. The summed E-state index contributed by atoms with van der Waals surface area (Å²) in [5.74, 6) is -1.85. The fourth-order valence-electron chi connectivity index (χ4n) is 3.08. The van der Waals surface area contributed by atoms with Gasteiger partial charge in [0, 0.05) is 24.2 Å². The lowest BCUT2D eigenvalue weighted by Crippen LogP contribution is -2.29. The number of carbonyl (C=O) groups excluding carboxylic acids is 2. The highest BCUT2D eigenvalue weighted by molar-refractivity contribution is 6.46. The number of carbonyl (C=O) groups is 2. The van der Waals surface area contributed by atoms with Crippen LogP contribution in [0.15, 0.2) is 72.8 Å². The quantitative estimate of drug-likeness (QED) is 0.219. The second-order valence-corrected chi connectivity index (χ2v) is 5.95. The Labute approximate surface area is 155 Å². The molecule has 0 spiro atoms. The molecular weight excluding hydrogens is 348 g/mol. The Morgan fingerprint density at radius 3 is 2.33 bits per heavy atom. The van der Waals surface area contributed by atoms with Crippen molar-refractivity contribution in [2.75, 3.05) is 6.54 Å². The third kappa shape index (κ3) is 3.22. The minimum absolute atomic E-state index is 0.0538. The van der Waals surface area contributed by atoms with E-state index < -0.39 is 22.7 Å². The molecule has 136 valence electrons. The number of hydrogen-bond acceptors (Lipinski definition) is 5. The van der Waals surface area contributed by atoms with Gasteiger partial charge < -0.3 is 10.0 Å². The molecular formula is C20H16N2O5. The molecule has 7 heteroatoms. The van der Waals surface area contributed by atoms with Crippen LogP contribution in [-0.4, -0.2) is 33.2 Å². The van der Waals surface area contributed by atoms with E-state index in [4.69, 9.17) is 0 Å². The number of hydrogen-bond donors (Lipinski definition) is 1. The second-order valence-electron chi connectivity index (χ2n) is 5.95. The molecule has 1 atom stereocenters. The molecule has 1 fully saturated rings. The SMILES string of the molecule is C=CCN1C(=O)C(=O)/C(=C(/O)c2ccccc2)C1c1ccc([N+](=O)[O-])cc1. The number of non-ortho nitro benzene ring substituents is 1. The zero-order chi connectivity index (χ0) is 19.6. The van der Waals surface area contributed by atoms with Crippen molar-refractivity contribution in [1.29, 1.82) is 0 Å². The largest absolute Gasteiger partial charge is 0.507 e. The van der Waals surface area contributed by atoms with Gasteiger partial charge in [-0.2, -0.15) is 0 Å². The molecule has 0 saturated carbocycles. The van der Waals surface area contributed by atoms with Gasteiger partial charge in [-0.25, -0.2) is 0 Å². The molecule has 0 radical (unpaired) electrons. The Hall–Kier alpha value is -3.74. The highest BCUT2D eigenvalue weighted by atomic mass is 16.6. The van der Waals surface area contributed by atoms with Crippen LogP contribution in [0.3, 0.4) is 0 Å². The topological polar surface area (TPSA) is 101 Å². The fourth-order valence-corrected chi connectivity index (χ4v) is 3.08. The van der Waals surface area contributed by atoms with Crippen LogP contribution in [0.25, 0.3) is 5.76 Å². The molecule has 1 saturated heterocycles. The lowest BCUT2D eigenvalue weighted by molar-refractivity contribution is -0.384. The summed E-state index contributed by atoms with van der Waals surface area (Å²) in [5.41, 5.74) is 0.726. The number of aliphatic hydroxyl groups excluding tert-OH is 1. The van der Waals surface area contributed by atoms with Gasteiger partial charge in [-0.15, -0.1) is 6.58 Å². The smallest absolute Gasteiger partial charge is 0.295 e. The van der Waals surface area contributed by atoms with E-state index in [0.29, 0.717) is 11.1 Å². The fraction of sp³-hybridized carbons (Fsp3) is 0.100. The van der Waals surface area contributed by atoms with E-state index in [1.54, 1.807) is 30.3 Å². The molecule has 1 aliphatic rings. The maximum Gasteiger partial charge on any atom is 0.295 e. The molecule has 3 rings (SSSR count). The third-order valence-electron chi connectivity index (χ3n) is 4.33. The van der Waals surface area contributed by atoms with Crippen molar-refractivity contribution in [2.45, 2.75) is 6.04 Å². The Kier molecular flexibility index (Phi) is 4.85. The highest BCUT2D eigenvalue weighted by Crippen LogP contribution is 2.39. The normalized spacial score (nSPS) is 18.5. The molecule has 7 nitrogen and oxygen atoms in total. The zero-order valence-corrected chi connectivity index (χ0v) is 14.2. The number of ketones is 1. The summed E-state index contributed by atoms with van der Waals surface area (Å²) in [6, 6.07) is 13.1. The standard InChI is InChI=1S/C20H16N2O5/c1-2-12-21-17(13-8-10-15(11-9-13)22(26)27)16(19(24)20(21)25)18(23)14-6-4-3-5-7-14/h2-11,17,23H,1,12H2/b18-16+. The number of benzene rings is 2. The van der Waals surface area contributed by atoms with Crippen LogP contribution in [0, 0.1) is 10.1 Å². The lowest BCUT2D eigenvalue weighted by atomic mass is 9.95. The van der Waals surface area contributed by atoms with Gasteiger partial charge in [-0.05, 0) is 17.7 Å². The second kappa shape index (κ2) is 7.25. The van der Waals surface area contributed by atoms with Crippen molar-refractivity contribution < 1.29 is 19.6 Å². The summed E-state index contributed by atoms with van der Waals surface area (Å²) in [4.78, 5) is 36.7. The third-order valence-corrected chi connectivity index (χ3v) is 4.33. The first kappa shape index (κ1) is 18.1. The number of Topliss-reactive ketones (excluding diaryl/α,β-unsaturated/α-hetero) is 1. The molecule has 27 heavy (non-hydrogen) atoms. The number of rotatable bonds is 5. The van der Waals surface area contributed by atoms with Crippen molar-refractivity contribution in [2.24, 2.45) is 0 Å². The zero-order valence-electron chi connectivity index (χ0n) is 14.2. The Morgan fingerprint density at radius 1 is 1.15 bits per heavy atom. The summed E-state index contributed by atoms with van der Waals surface area (Å²) >= 11 is 0. The van der Waals surface area contributed by atoms with Gasteiger partial charge in [0.15, 0.2) is 0 Å². The molecule has 2 aromatic carbocycles. The van der Waals surface area contributed by atoms with Gasteiger partial charge in [0.2, 0.25) is 0 Å². The molecule has 2 aromatic rings. The van der Waals surface area contributed by atoms with Gasteiger partial charge in [-0.1, -0.05) is 36.4 Å². The summed E-state index contributed by atoms with van der Waals surface area (Å²) in [5, 5.41) is 21.6. The van der Waals surface area contributed by atoms with Crippen molar-refractivity contribution >= 4 is 23.1 Å². The lowest BCUT2D eigenvalue weighted by Gasteiger charge is -2.24. The van der Waals surface area contributed by atoms with Gasteiger partial charge >= 0.3 is 0 Å². The van der Waals surface area contributed by atoms with Crippen molar-refractivity contribution in [3.63, 3.8) is 0 Å². The molecule has 1 amide bonds. The first-order valence-corrected chi connectivity index (χ1v) is 8.14. The molecule has 1 N–H and O–H groups in total. The van der Waals surface area contributed by atoms with E-state index >= 15 is 0 Å². The van der Waals surface area contributed by atoms with E-state index in [-0.39, 0.29) is 23.6 Å². The van der Waals surface area contributed by atoms with Gasteiger partial charge in [0.25, 0.3) is 17.4 Å². The first-order valence-electron chi connectivity index (χ1n) is 8.14. The molecule has 0 aliphatic carbocycles. The number of amides is 1. The molecule has 1 aliphatic heterocycles. The Bertz CT molecular complexity index is 948. The Morgan fingerprint density at radius 2 is 1.78 bits per heavy atom. The monoisotopic (exact) mass is 364 g/mol. The molecule has 1 heterocycles. The van der Waals surface area contributed by atoms with E-state index in [9.17, 15) is 24.8 Å². The maximum absolute atomic E-state index is 12.6. The number of nitro benzene ring substituents is 1. The van der Waals surface area contributed by atoms with Crippen LogP contribution in [0.2, 0.25) is 0 Å². The van der Waals surface area contributed by atoms with Crippen LogP contribution < -0.4 is 0 Å². The van der Waals surface area contributed by atoms with E-state index in [1.165, 1.54) is 35.2 Å². The minimum atomic E-state index is -0.857. The summed E-state index contributed by atoms with van der Waals surface area (Å²) in [6.07, 6.45) is 1.48. The van der Waals surface area contributed by atoms with Crippen LogP contribution in [0.1, 0.15) is 17.2 Å². The maximum atomic E-state index is 12.6. The first-order chi connectivity index (χ1) is 13.0. The number of aliphatic hydroxyl groups is 1. The van der Waals surface area contributed by atoms with E-state index in [0.717, 1.165) is 0 Å². The molecule has 1 unspecified atom stereocenters. The number of likely N-dealkylation sites (tertiary alicyclic amines) is 1. The average molecular weight is 364 g/mol. The van der Waals surface area contributed by atoms with Crippen molar-refractivity contribution in [3.8, 4) is 0 Å². The van der Waals surface area contributed by atoms with Gasteiger partial charge in [0.05, 0.1) is 16.5 Å². The van der Waals surface area contributed by atoms with Crippen molar-refractivity contribution in [1.82, 2.24) is 4.90 Å². The van der Waals surface area contributed by atoms with Crippen LogP contribution >= 0.6 is 0 Å². The average Bonchev–Trinajstić information content (AvgIpc) is 2.93. The number of nitrogens with zero attached hydrogens (tertiary/aromatic N) is 2. The van der Waals surface area contributed by atoms with Crippen LogP contribution in [0.4, 0.5) is 5.69 Å². The van der Waals surface area contributed by atoms with Crippen LogP contribution in [0.5, 0.6) is 0 Å². The van der Waals surface area contributed by atoms with Gasteiger partial charge in [0.1, 0.15) is 5.76 Å². The summed E-state index contributed by atoms with van der Waals surface area (Å²) < 4.78 is 0. The summed E-state index contributed by atoms with van der Waals surface area (Å²) in [7, 11) is 0. The number of nitro groups is 1. The van der Waals surface area contributed by atoms with Crippen molar-refractivity contribution in [3.05, 3.63) is 94.1 Å². The van der Waals surface area contributed by atoms with E-state index in [1.807, 2.05) is 0 Å². The summed E-state index contributed by atoms with van der Waals surface area (Å²) in [6.45, 7) is 3.70. The molecule has 0 aromatic heterocycles. The predicted molar refractivity (Wildman–Crippen MR) is 98.7 cm³/mol. The van der Waals surface area contributed by atoms with Crippen LogP contribution in [-0.2, 0) is 9.59 Å². The minimum Gasteiger partial charge on any atom is -0.507 e. The highest BCUT2D eigenvalue weighted by Gasteiger charge is 2.45. The Balaban J connectivity index is 2.17. The van der Waals surface area contributed by atoms with E-state index in [2.05, 4.69) is 6.58 Å².